The lowest BCUT2D eigenvalue weighted by molar-refractivity contribution is -0.384. The van der Waals surface area contributed by atoms with Gasteiger partial charge in [0, 0.05) is 29.6 Å². The number of amides is 1. The second-order valence-corrected chi connectivity index (χ2v) is 12.7. The highest BCUT2D eigenvalue weighted by molar-refractivity contribution is 7.91. The number of ether oxygens (including phenoxy) is 1. The van der Waals surface area contributed by atoms with Crippen molar-refractivity contribution in [2.24, 2.45) is 0 Å². The molecule has 0 saturated heterocycles. The second-order valence-electron chi connectivity index (χ2n) is 8.77. The maximum atomic E-state index is 13.4. The van der Waals surface area contributed by atoms with E-state index in [4.69, 9.17) is 4.74 Å². The molecule has 0 saturated carbocycles. The number of esters is 1. The van der Waals surface area contributed by atoms with E-state index in [9.17, 15) is 28.1 Å². The van der Waals surface area contributed by atoms with E-state index in [-0.39, 0.29) is 28.0 Å². The number of hydrogen-bond donors (Lipinski definition) is 1. The molecule has 2 aromatic carbocycles. The number of fused-ring (bicyclic) bond motifs is 1. The summed E-state index contributed by atoms with van der Waals surface area (Å²) in [4.78, 5) is 40.1. The monoisotopic (exact) mass is 598 g/mol. The van der Waals surface area contributed by atoms with Gasteiger partial charge in [-0.15, -0.1) is 22.7 Å². The summed E-state index contributed by atoms with van der Waals surface area (Å²) in [5, 5.41) is 17.1. The van der Waals surface area contributed by atoms with Gasteiger partial charge in [-0.25, -0.2) is 13.4 Å². The van der Waals surface area contributed by atoms with E-state index >= 15 is 0 Å². The van der Waals surface area contributed by atoms with E-state index in [2.05, 4.69) is 10.3 Å². The molecule has 0 radical (unpaired) electrons. The third-order valence-corrected chi connectivity index (χ3v) is 10.3. The van der Waals surface area contributed by atoms with E-state index < -0.39 is 39.5 Å². The molecule has 0 aliphatic carbocycles. The summed E-state index contributed by atoms with van der Waals surface area (Å²) in [5.74, 6) is -1.35. The number of non-ortho nitro benzene ring substituents is 1. The Morgan fingerprint density at radius 3 is 2.73 bits per heavy atom. The molecule has 1 amide bonds. The first-order chi connectivity index (χ1) is 19.2. The van der Waals surface area contributed by atoms with Gasteiger partial charge in [0.05, 0.1) is 23.1 Å². The average molecular weight is 599 g/mol. The van der Waals surface area contributed by atoms with Crippen LogP contribution in [0.25, 0.3) is 11.3 Å². The number of anilines is 1. The summed E-state index contributed by atoms with van der Waals surface area (Å²) < 4.78 is 33.4. The van der Waals surface area contributed by atoms with Gasteiger partial charge in [0.1, 0.15) is 4.21 Å². The Hall–Kier alpha value is -3.98. The Morgan fingerprint density at radius 1 is 1.12 bits per heavy atom. The van der Waals surface area contributed by atoms with Crippen molar-refractivity contribution < 1.29 is 27.7 Å². The standard InChI is InChI=1S/C26H22N4O7S3/c31-23(28-26-27-21(16-39-26)18-6-3-7-19(13-18)30(33)34)15-37-24(32)14-22-20-8-2-1-5-17(20)10-11-29(22)40(35,36)25-9-4-12-38-25/h1-9,12-13,16,22H,10-11,14-15H2,(H,27,28,31). The van der Waals surface area contributed by atoms with Crippen molar-refractivity contribution in [2.45, 2.75) is 23.1 Å². The topological polar surface area (TPSA) is 149 Å². The van der Waals surface area contributed by atoms with Crippen LogP contribution in [0.2, 0.25) is 0 Å². The number of thiazole rings is 1. The molecule has 0 fully saturated rings. The Balaban J connectivity index is 1.23. The number of rotatable bonds is 9. The van der Waals surface area contributed by atoms with Crippen LogP contribution in [0, 0.1) is 10.1 Å². The largest absolute Gasteiger partial charge is 0.456 e. The molecule has 1 aliphatic rings. The predicted molar refractivity (Wildman–Crippen MR) is 150 cm³/mol. The van der Waals surface area contributed by atoms with E-state index in [1.165, 1.54) is 22.5 Å². The summed E-state index contributed by atoms with van der Waals surface area (Å²) in [5.41, 5.74) is 2.58. The molecule has 0 spiro atoms. The average Bonchev–Trinajstić information content (AvgIpc) is 3.65. The van der Waals surface area contributed by atoms with Gasteiger partial charge >= 0.3 is 5.97 Å². The van der Waals surface area contributed by atoms with Crippen LogP contribution >= 0.6 is 22.7 Å². The SMILES string of the molecule is O=C(COC(=O)CC1c2ccccc2CCN1S(=O)(=O)c1cccs1)Nc1nc(-c2cccc([N+](=O)[O-])c2)cs1. The van der Waals surface area contributed by atoms with Crippen LogP contribution in [0.3, 0.4) is 0 Å². The van der Waals surface area contributed by atoms with Crippen molar-refractivity contribution >= 4 is 55.4 Å². The van der Waals surface area contributed by atoms with E-state index in [1.54, 1.807) is 41.1 Å². The van der Waals surface area contributed by atoms with Crippen LogP contribution in [-0.4, -0.2) is 47.7 Å². The molecule has 0 bridgehead atoms. The summed E-state index contributed by atoms with van der Waals surface area (Å²) >= 11 is 2.23. The third-order valence-electron chi connectivity index (χ3n) is 6.25. The van der Waals surface area contributed by atoms with Gasteiger partial charge in [-0.05, 0) is 29.0 Å². The lowest BCUT2D eigenvalue weighted by Gasteiger charge is -2.35. The molecule has 1 aliphatic heterocycles. The number of carbonyl (C=O) groups excluding carboxylic acids is 2. The van der Waals surface area contributed by atoms with Crippen LogP contribution < -0.4 is 5.32 Å². The zero-order chi connectivity index (χ0) is 28.3. The quantitative estimate of drug-likeness (QED) is 0.166. The molecule has 1 unspecified atom stereocenters. The molecule has 5 rings (SSSR count). The predicted octanol–water partition coefficient (Wildman–Crippen LogP) is 4.64. The van der Waals surface area contributed by atoms with E-state index in [1.807, 2.05) is 12.1 Å². The normalized spacial score (nSPS) is 15.2. The number of nitrogens with zero attached hydrogens (tertiary/aromatic N) is 3. The van der Waals surface area contributed by atoms with Crippen molar-refractivity contribution in [1.29, 1.82) is 0 Å². The molecule has 3 heterocycles. The highest BCUT2D eigenvalue weighted by atomic mass is 32.2. The minimum atomic E-state index is -3.84. The smallest absolute Gasteiger partial charge is 0.308 e. The number of nitro groups is 1. The molecule has 1 atom stereocenters. The number of nitro benzene ring substituents is 1. The molecule has 40 heavy (non-hydrogen) atoms. The van der Waals surface area contributed by atoms with Crippen molar-refractivity contribution in [2.75, 3.05) is 18.5 Å². The number of aromatic nitrogens is 1. The van der Waals surface area contributed by atoms with Crippen molar-refractivity contribution in [3.63, 3.8) is 0 Å². The first-order valence-electron chi connectivity index (χ1n) is 12.0. The molecule has 206 valence electrons. The van der Waals surface area contributed by atoms with Gasteiger partial charge < -0.3 is 4.74 Å². The van der Waals surface area contributed by atoms with E-state index in [0.29, 0.717) is 17.7 Å². The molecule has 11 nitrogen and oxygen atoms in total. The maximum Gasteiger partial charge on any atom is 0.308 e. The van der Waals surface area contributed by atoms with Crippen LogP contribution in [0.1, 0.15) is 23.6 Å². The maximum absolute atomic E-state index is 13.4. The fourth-order valence-corrected chi connectivity index (χ4v) is 7.88. The van der Waals surface area contributed by atoms with Gasteiger partial charge in [0.25, 0.3) is 21.6 Å². The lowest BCUT2D eigenvalue weighted by Crippen LogP contribution is -2.41. The van der Waals surface area contributed by atoms with Gasteiger partial charge in [0.2, 0.25) is 0 Å². The Bertz CT molecular complexity index is 1670. The van der Waals surface area contributed by atoms with Crippen molar-refractivity contribution in [3.8, 4) is 11.3 Å². The molecule has 1 N–H and O–H groups in total. The number of thiophene rings is 1. The van der Waals surface area contributed by atoms with Gasteiger partial charge in [0.15, 0.2) is 11.7 Å². The minimum absolute atomic E-state index is 0.0784. The number of carbonyl (C=O) groups is 2. The van der Waals surface area contributed by atoms with Crippen molar-refractivity contribution in [3.05, 3.63) is 92.7 Å². The van der Waals surface area contributed by atoms with Gasteiger partial charge in [-0.1, -0.05) is 42.5 Å². The lowest BCUT2D eigenvalue weighted by atomic mass is 9.92. The Morgan fingerprint density at radius 2 is 1.95 bits per heavy atom. The van der Waals surface area contributed by atoms with Crippen LogP contribution in [0.5, 0.6) is 0 Å². The van der Waals surface area contributed by atoms with Crippen LogP contribution in [0.15, 0.2) is 75.6 Å². The highest BCUT2D eigenvalue weighted by Crippen LogP contribution is 2.37. The summed E-state index contributed by atoms with van der Waals surface area (Å²) in [6, 6.07) is 15.8. The first kappa shape index (κ1) is 27.6. The summed E-state index contributed by atoms with van der Waals surface area (Å²) in [7, 11) is -3.84. The fraction of sp³-hybridized carbons (Fsp3) is 0.192. The molecular weight excluding hydrogens is 577 g/mol. The fourth-order valence-electron chi connectivity index (χ4n) is 4.41. The van der Waals surface area contributed by atoms with Crippen LogP contribution in [-0.2, 0) is 30.8 Å². The number of benzene rings is 2. The number of sulfonamides is 1. The minimum Gasteiger partial charge on any atom is -0.456 e. The van der Waals surface area contributed by atoms with E-state index in [0.717, 1.165) is 33.8 Å². The first-order valence-corrected chi connectivity index (χ1v) is 15.2. The molecule has 4 aromatic rings. The Kier molecular flexibility index (Phi) is 8.02. The Labute approximate surface area is 237 Å². The number of nitrogens with one attached hydrogen (secondary N) is 1. The third kappa shape index (κ3) is 5.94. The second kappa shape index (κ2) is 11.6. The zero-order valence-corrected chi connectivity index (χ0v) is 23.2. The summed E-state index contributed by atoms with van der Waals surface area (Å²) in [6.45, 7) is -0.372. The zero-order valence-electron chi connectivity index (χ0n) is 20.8. The molecule has 2 aromatic heterocycles. The molecular formula is C26H22N4O7S3. The van der Waals surface area contributed by atoms with Crippen LogP contribution in [0.4, 0.5) is 10.8 Å². The van der Waals surface area contributed by atoms with Gasteiger partial charge in [-0.3, -0.25) is 25.0 Å². The number of hydrogen-bond acceptors (Lipinski definition) is 10. The summed E-state index contributed by atoms with van der Waals surface area (Å²) in [6.07, 6.45) is 0.254. The molecule has 14 heteroatoms. The van der Waals surface area contributed by atoms with Gasteiger partial charge in [-0.2, -0.15) is 4.31 Å². The van der Waals surface area contributed by atoms with Crippen molar-refractivity contribution in [1.82, 2.24) is 9.29 Å². The highest BCUT2D eigenvalue weighted by Gasteiger charge is 2.38.